The Hall–Kier alpha value is -1.14. The molecule has 0 atom stereocenters. The summed E-state index contributed by atoms with van der Waals surface area (Å²) in [6.45, 7) is 2.10. The van der Waals surface area contributed by atoms with Gasteiger partial charge in [0.15, 0.2) is 0 Å². The van der Waals surface area contributed by atoms with Crippen LogP contribution in [0.3, 0.4) is 0 Å². The van der Waals surface area contributed by atoms with Crippen LogP contribution in [0.25, 0.3) is 0 Å². The van der Waals surface area contributed by atoms with E-state index < -0.39 is 17.9 Å². The van der Waals surface area contributed by atoms with Gasteiger partial charge in [-0.2, -0.15) is 0 Å². The average molecular weight is 227 g/mol. The summed E-state index contributed by atoms with van der Waals surface area (Å²) in [7, 11) is 0. The minimum absolute atomic E-state index is 0.361. The fourth-order valence-corrected chi connectivity index (χ4v) is 2.77. The zero-order valence-electron chi connectivity index (χ0n) is 8.78. The summed E-state index contributed by atoms with van der Waals surface area (Å²) in [5, 5.41) is 3.23. The lowest BCUT2D eigenvalue weighted by molar-refractivity contribution is -0.342. The molecule has 1 N–H and O–H groups in total. The van der Waals surface area contributed by atoms with Crippen molar-refractivity contribution in [3.63, 3.8) is 0 Å². The van der Waals surface area contributed by atoms with Crippen LogP contribution in [0.4, 0.5) is 0 Å². The van der Waals surface area contributed by atoms with Crippen LogP contribution in [0.5, 0.6) is 0 Å². The molecule has 0 aliphatic carbocycles. The molecule has 0 bridgehead atoms. The molecule has 0 unspecified atom stereocenters. The van der Waals surface area contributed by atoms with Gasteiger partial charge in [-0.1, -0.05) is 0 Å². The number of rotatable bonds is 0. The molecule has 0 aromatic rings. The van der Waals surface area contributed by atoms with Gasteiger partial charge in [0, 0.05) is 0 Å². The smallest absolute Gasteiger partial charge is 0.389 e. The molecule has 0 aromatic heterocycles. The Morgan fingerprint density at radius 3 is 2.25 bits per heavy atom. The molecule has 2 spiro atoms. The standard InChI is InChI=1S/C10H13NO5/c12-7-8(13)16-10(15-7)9(3-6-14-10)1-4-11-5-2-9/h11H,1-6H2. The summed E-state index contributed by atoms with van der Waals surface area (Å²) in [5.74, 6) is -3.33. The zero-order chi connectivity index (χ0) is 11.2. The molecule has 88 valence electrons. The molecule has 3 fully saturated rings. The van der Waals surface area contributed by atoms with Crippen molar-refractivity contribution in [1.29, 1.82) is 0 Å². The first-order chi connectivity index (χ1) is 7.68. The molecular weight excluding hydrogens is 214 g/mol. The molecule has 0 saturated carbocycles. The molecule has 3 heterocycles. The Labute approximate surface area is 92.2 Å². The van der Waals surface area contributed by atoms with Gasteiger partial charge in [-0.25, -0.2) is 9.59 Å². The number of carbonyl (C=O) groups is 2. The second-order valence-electron chi connectivity index (χ2n) is 4.46. The summed E-state index contributed by atoms with van der Waals surface area (Å²) in [6.07, 6.45) is 2.33. The van der Waals surface area contributed by atoms with Crippen LogP contribution in [0.1, 0.15) is 19.3 Å². The highest BCUT2D eigenvalue weighted by Crippen LogP contribution is 2.53. The van der Waals surface area contributed by atoms with Gasteiger partial charge in [0.2, 0.25) is 0 Å². The van der Waals surface area contributed by atoms with Crippen molar-refractivity contribution in [3.8, 4) is 0 Å². The largest absolute Gasteiger partial charge is 0.422 e. The maximum Gasteiger partial charge on any atom is 0.422 e. The number of fused-ring (bicyclic) bond motifs is 1. The van der Waals surface area contributed by atoms with Crippen molar-refractivity contribution < 1.29 is 23.8 Å². The third kappa shape index (κ3) is 1.14. The predicted molar refractivity (Wildman–Crippen MR) is 50.0 cm³/mol. The average Bonchev–Trinajstić information content (AvgIpc) is 2.73. The Bertz CT molecular complexity index is 331. The molecule has 3 aliphatic rings. The van der Waals surface area contributed by atoms with E-state index in [-0.39, 0.29) is 5.41 Å². The Kier molecular flexibility index (Phi) is 1.99. The first-order valence-corrected chi connectivity index (χ1v) is 5.49. The molecule has 0 amide bonds. The number of hydrogen-bond donors (Lipinski definition) is 1. The number of piperidine rings is 1. The quantitative estimate of drug-likeness (QED) is 0.445. The molecule has 6 heteroatoms. The van der Waals surface area contributed by atoms with Crippen molar-refractivity contribution in [2.75, 3.05) is 19.7 Å². The van der Waals surface area contributed by atoms with Crippen molar-refractivity contribution >= 4 is 11.9 Å². The van der Waals surface area contributed by atoms with Crippen LogP contribution in [-0.2, 0) is 23.8 Å². The van der Waals surface area contributed by atoms with Crippen LogP contribution in [-0.4, -0.2) is 37.6 Å². The molecular formula is C10H13NO5. The lowest BCUT2D eigenvalue weighted by atomic mass is 9.75. The Balaban J connectivity index is 1.94. The first kappa shape index (κ1) is 10.0. The SMILES string of the molecule is O=C1OC2(OCCC23CCNCC3)OC1=O. The van der Waals surface area contributed by atoms with Crippen LogP contribution in [0.2, 0.25) is 0 Å². The monoisotopic (exact) mass is 227 g/mol. The summed E-state index contributed by atoms with van der Waals surface area (Å²) in [4.78, 5) is 22.3. The molecule has 3 rings (SSSR count). The molecule has 16 heavy (non-hydrogen) atoms. The highest BCUT2D eigenvalue weighted by molar-refractivity contribution is 6.31. The maximum atomic E-state index is 11.2. The van der Waals surface area contributed by atoms with E-state index in [1.807, 2.05) is 0 Å². The van der Waals surface area contributed by atoms with Crippen LogP contribution >= 0.6 is 0 Å². The molecule has 6 nitrogen and oxygen atoms in total. The van der Waals surface area contributed by atoms with E-state index in [0.717, 1.165) is 32.4 Å². The topological polar surface area (TPSA) is 73.9 Å². The van der Waals surface area contributed by atoms with Crippen molar-refractivity contribution in [1.82, 2.24) is 5.32 Å². The molecule has 0 aromatic carbocycles. The van der Waals surface area contributed by atoms with Crippen molar-refractivity contribution in [3.05, 3.63) is 0 Å². The molecule has 0 radical (unpaired) electrons. The minimum atomic E-state index is -1.44. The van der Waals surface area contributed by atoms with Gasteiger partial charge in [-0.05, 0) is 32.4 Å². The lowest BCUT2D eigenvalue weighted by Gasteiger charge is -2.40. The lowest BCUT2D eigenvalue weighted by Crippen LogP contribution is -2.51. The second kappa shape index (κ2) is 3.18. The first-order valence-electron chi connectivity index (χ1n) is 5.49. The summed E-state index contributed by atoms with van der Waals surface area (Å²) < 4.78 is 15.5. The molecule has 3 saturated heterocycles. The van der Waals surface area contributed by atoms with E-state index in [9.17, 15) is 9.59 Å². The van der Waals surface area contributed by atoms with Gasteiger partial charge in [-0.3, -0.25) is 0 Å². The van der Waals surface area contributed by atoms with E-state index in [0.29, 0.717) is 6.61 Å². The van der Waals surface area contributed by atoms with E-state index in [4.69, 9.17) is 14.2 Å². The van der Waals surface area contributed by atoms with Gasteiger partial charge in [0.1, 0.15) is 0 Å². The van der Waals surface area contributed by atoms with Crippen molar-refractivity contribution in [2.45, 2.75) is 25.2 Å². The van der Waals surface area contributed by atoms with Gasteiger partial charge < -0.3 is 19.5 Å². The number of carbonyl (C=O) groups excluding carboxylic acids is 2. The van der Waals surface area contributed by atoms with Gasteiger partial charge in [0.25, 0.3) is 0 Å². The third-order valence-electron chi connectivity index (χ3n) is 3.70. The van der Waals surface area contributed by atoms with Gasteiger partial charge in [0.05, 0.1) is 12.0 Å². The van der Waals surface area contributed by atoms with Gasteiger partial charge >= 0.3 is 17.9 Å². The number of ether oxygens (including phenoxy) is 3. The zero-order valence-corrected chi connectivity index (χ0v) is 8.78. The fraction of sp³-hybridized carbons (Fsp3) is 0.800. The molecule has 3 aliphatic heterocycles. The highest BCUT2D eigenvalue weighted by Gasteiger charge is 2.67. The summed E-state index contributed by atoms with van der Waals surface area (Å²) in [5.41, 5.74) is -0.361. The van der Waals surface area contributed by atoms with E-state index in [1.165, 1.54) is 0 Å². The normalized spacial score (nSPS) is 30.8. The second-order valence-corrected chi connectivity index (χ2v) is 4.46. The highest BCUT2D eigenvalue weighted by atomic mass is 16.9. The van der Waals surface area contributed by atoms with Crippen molar-refractivity contribution in [2.24, 2.45) is 5.41 Å². The maximum absolute atomic E-state index is 11.2. The fourth-order valence-electron chi connectivity index (χ4n) is 2.77. The van der Waals surface area contributed by atoms with Gasteiger partial charge in [-0.15, -0.1) is 0 Å². The number of nitrogens with one attached hydrogen (secondary N) is 1. The van der Waals surface area contributed by atoms with Crippen LogP contribution in [0, 0.1) is 5.41 Å². The third-order valence-corrected chi connectivity index (χ3v) is 3.70. The number of hydrogen-bond acceptors (Lipinski definition) is 6. The predicted octanol–water partition coefficient (Wildman–Crippen LogP) is -0.470. The van der Waals surface area contributed by atoms with E-state index in [2.05, 4.69) is 5.32 Å². The van der Waals surface area contributed by atoms with Crippen LogP contribution < -0.4 is 5.32 Å². The van der Waals surface area contributed by atoms with E-state index >= 15 is 0 Å². The minimum Gasteiger partial charge on any atom is -0.389 e. The van der Waals surface area contributed by atoms with Crippen LogP contribution in [0.15, 0.2) is 0 Å². The Morgan fingerprint density at radius 2 is 1.62 bits per heavy atom. The summed E-state index contributed by atoms with van der Waals surface area (Å²) >= 11 is 0. The number of esters is 2. The Morgan fingerprint density at radius 1 is 1.00 bits per heavy atom. The summed E-state index contributed by atoms with van der Waals surface area (Å²) in [6, 6.07) is 0. The van der Waals surface area contributed by atoms with E-state index in [1.54, 1.807) is 0 Å².